The molecular formula is C13H26N2O2. The molecule has 0 amide bonds. The zero-order valence-electron chi connectivity index (χ0n) is 11.2. The number of rotatable bonds is 8. The molecule has 0 aromatic carbocycles. The second-order valence-corrected chi connectivity index (χ2v) is 4.69. The number of ether oxygens (including phenoxy) is 2. The summed E-state index contributed by atoms with van der Waals surface area (Å²) in [5.41, 5.74) is 0. The maximum absolute atomic E-state index is 8.29. The van der Waals surface area contributed by atoms with Crippen LogP contribution in [0.5, 0.6) is 0 Å². The highest BCUT2D eigenvalue weighted by Crippen LogP contribution is 2.26. The summed E-state index contributed by atoms with van der Waals surface area (Å²) in [6, 6.07) is 0. The Morgan fingerprint density at radius 2 is 1.76 bits per heavy atom. The third-order valence-electron chi connectivity index (χ3n) is 3.42. The minimum atomic E-state index is 0.481. The Morgan fingerprint density at radius 3 is 2.35 bits per heavy atom. The van der Waals surface area contributed by atoms with E-state index < -0.39 is 0 Å². The van der Waals surface area contributed by atoms with Crippen molar-refractivity contribution in [2.24, 2.45) is 5.92 Å². The number of hydrogen-bond donors (Lipinski definition) is 1. The monoisotopic (exact) mass is 242 g/mol. The summed E-state index contributed by atoms with van der Waals surface area (Å²) >= 11 is 0. The second-order valence-electron chi connectivity index (χ2n) is 4.69. The van der Waals surface area contributed by atoms with Crippen molar-refractivity contribution in [1.29, 1.82) is 5.41 Å². The lowest BCUT2D eigenvalue weighted by atomic mass is 10.1. The van der Waals surface area contributed by atoms with E-state index in [0.717, 1.165) is 32.0 Å². The van der Waals surface area contributed by atoms with Gasteiger partial charge in [-0.2, -0.15) is 0 Å². The summed E-state index contributed by atoms with van der Waals surface area (Å²) in [5, 5.41) is 8.29. The van der Waals surface area contributed by atoms with Crippen LogP contribution in [0.1, 0.15) is 32.1 Å². The zero-order valence-corrected chi connectivity index (χ0v) is 11.2. The van der Waals surface area contributed by atoms with Gasteiger partial charge in [0.1, 0.15) is 0 Å². The number of methoxy groups -OCH3 is 2. The number of nitrogens with zero attached hydrogens (tertiary/aromatic N) is 1. The molecule has 0 bridgehead atoms. The highest BCUT2D eigenvalue weighted by Gasteiger charge is 2.23. The summed E-state index contributed by atoms with van der Waals surface area (Å²) in [5.74, 6) is 1.30. The summed E-state index contributed by atoms with van der Waals surface area (Å²) in [4.78, 5) is 2.17. The van der Waals surface area contributed by atoms with Crippen molar-refractivity contribution in [3.05, 3.63) is 0 Å². The predicted molar refractivity (Wildman–Crippen MR) is 69.6 cm³/mol. The van der Waals surface area contributed by atoms with Gasteiger partial charge in [-0.3, -0.25) is 5.41 Å². The lowest BCUT2D eigenvalue weighted by Gasteiger charge is -2.28. The van der Waals surface area contributed by atoms with Crippen LogP contribution in [0.25, 0.3) is 0 Å². The quantitative estimate of drug-likeness (QED) is 0.403. The van der Waals surface area contributed by atoms with Crippen LogP contribution in [0.4, 0.5) is 0 Å². The third kappa shape index (κ3) is 5.04. The molecule has 1 aliphatic rings. The average Bonchev–Trinajstić information content (AvgIpc) is 2.86. The largest absolute Gasteiger partial charge is 0.385 e. The molecule has 1 fully saturated rings. The first-order chi connectivity index (χ1) is 8.29. The van der Waals surface area contributed by atoms with Crippen molar-refractivity contribution in [2.75, 3.05) is 40.5 Å². The Kier molecular flexibility index (Phi) is 7.21. The van der Waals surface area contributed by atoms with Gasteiger partial charge < -0.3 is 14.4 Å². The molecule has 0 spiro atoms. The second kappa shape index (κ2) is 8.48. The van der Waals surface area contributed by atoms with Crippen LogP contribution >= 0.6 is 0 Å². The van der Waals surface area contributed by atoms with E-state index in [1.54, 1.807) is 14.2 Å². The molecule has 0 radical (unpaired) electrons. The number of hydrogen-bond acceptors (Lipinski definition) is 3. The van der Waals surface area contributed by atoms with Gasteiger partial charge in [0.2, 0.25) is 0 Å². The molecule has 17 heavy (non-hydrogen) atoms. The fourth-order valence-electron chi connectivity index (χ4n) is 2.41. The van der Waals surface area contributed by atoms with Gasteiger partial charge in [-0.1, -0.05) is 12.8 Å². The maximum atomic E-state index is 8.29. The lowest BCUT2D eigenvalue weighted by molar-refractivity contribution is 0.158. The molecule has 1 saturated carbocycles. The molecule has 0 heterocycles. The molecule has 0 aromatic rings. The topological polar surface area (TPSA) is 45.6 Å². The first-order valence-electron chi connectivity index (χ1n) is 6.61. The highest BCUT2D eigenvalue weighted by atomic mass is 16.5. The van der Waals surface area contributed by atoms with Crippen molar-refractivity contribution >= 4 is 5.84 Å². The standard InChI is InChI=1S/C13H26N2O2/c1-16-10-5-8-15(9-11-17-2)13(14)12-6-3-4-7-12/h12,14H,3-11H2,1-2H3. The molecule has 1 rings (SSSR count). The van der Waals surface area contributed by atoms with Gasteiger partial charge in [0.05, 0.1) is 12.4 Å². The molecule has 100 valence electrons. The summed E-state index contributed by atoms with van der Waals surface area (Å²) in [6.45, 7) is 3.20. The Balaban J connectivity index is 2.39. The van der Waals surface area contributed by atoms with E-state index in [2.05, 4.69) is 4.90 Å². The molecule has 1 aliphatic carbocycles. The molecule has 0 saturated heterocycles. The molecule has 0 unspecified atom stereocenters. The van der Waals surface area contributed by atoms with Crippen LogP contribution in [0, 0.1) is 11.3 Å². The van der Waals surface area contributed by atoms with E-state index >= 15 is 0 Å². The van der Waals surface area contributed by atoms with E-state index in [-0.39, 0.29) is 0 Å². The van der Waals surface area contributed by atoms with Crippen molar-refractivity contribution < 1.29 is 9.47 Å². The maximum Gasteiger partial charge on any atom is 0.0990 e. The molecule has 1 N–H and O–H groups in total. The molecule has 4 nitrogen and oxygen atoms in total. The predicted octanol–water partition coefficient (Wildman–Crippen LogP) is 2.14. The first kappa shape index (κ1) is 14.5. The van der Waals surface area contributed by atoms with Gasteiger partial charge in [-0.15, -0.1) is 0 Å². The molecule has 0 aromatic heterocycles. The van der Waals surface area contributed by atoms with E-state index in [1.165, 1.54) is 25.7 Å². The SMILES string of the molecule is COCCCN(CCOC)C(=N)C1CCCC1. The molecule has 0 aliphatic heterocycles. The minimum absolute atomic E-state index is 0.481. The minimum Gasteiger partial charge on any atom is -0.385 e. The fraction of sp³-hybridized carbons (Fsp3) is 0.923. The van der Waals surface area contributed by atoms with Gasteiger partial charge in [0.25, 0.3) is 0 Å². The van der Waals surface area contributed by atoms with Crippen LogP contribution in [0.2, 0.25) is 0 Å². The normalized spacial score (nSPS) is 16.4. The third-order valence-corrected chi connectivity index (χ3v) is 3.42. The number of amidine groups is 1. The van der Waals surface area contributed by atoms with E-state index in [9.17, 15) is 0 Å². The van der Waals surface area contributed by atoms with Crippen molar-refractivity contribution in [2.45, 2.75) is 32.1 Å². The fourth-order valence-corrected chi connectivity index (χ4v) is 2.41. The Morgan fingerprint density at radius 1 is 1.12 bits per heavy atom. The first-order valence-corrected chi connectivity index (χ1v) is 6.61. The summed E-state index contributed by atoms with van der Waals surface area (Å²) < 4.78 is 10.2. The summed E-state index contributed by atoms with van der Waals surface area (Å²) in [6.07, 6.45) is 5.92. The van der Waals surface area contributed by atoms with Gasteiger partial charge in [0, 0.05) is 39.8 Å². The van der Waals surface area contributed by atoms with Crippen LogP contribution in [-0.4, -0.2) is 51.3 Å². The Hall–Kier alpha value is -0.610. The smallest absolute Gasteiger partial charge is 0.0990 e. The van der Waals surface area contributed by atoms with Crippen LogP contribution < -0.4 is 0 Å². The van der Waals surface area contributed by atoms with Crippen molar-refractivity contribution in [1.82, 2.24) is 4.90 Å². The van der Waals surface area contributed by atoms with E-state index in [4.69, 9.17) is 14.9 Å². The molecule has 4 heteroatoms. The van der Waals surface area contributed by atoms with Gasteiger partial charge in [-0.25, -0.2) is 0 Å². The van der Waals surface area contributed by atoms with E-state index in [1.807, 2.05) is 0 Å². The van der Waals surface area contributed by atoms with Gasteiger partial charge >= 0.3 is 0 Å². The van der Waals surface area contributed by atoms with Crippen molar-refractivity contribution in [3.8, 4) is 0 Å². The zero-order chi connectivity index (χ0) is 12.5. The van der Waals surface area contributed by atoms with Crippen LogP contribution in [0.3, 0.4) is 0 Å². The van der Waals surface area contributed by atoms with Gasteiger partial charge in [0.15, 0.2) is 0 Å². The lowest BCUT2D eigenvalue weighted by Crippen LogP contribution is -2.38. The molecular weight excluding hydrogens is 216 g/mol. The highest BCUT2D eigenvalue weighted by molar-refractivity contribution is 5.81. The van der Waals surface area contributed by atoms with Crippen LogP contribution in [0.15, 0.2) is 0 Å². The summed E-state index contributed by atoms with van der Waals surface area (Å²) in [7, 11) is 3.44. The van der Waals surface area contributed by atoms with Crippen molar-refractivity contribution in [3.63, 3.8) is 0 Å². The van der Waals surface area contributed by atoms with Crippen LogP contribution in [-0.2, 0) is 9.47 Å². The number of nitrogens with one attached hydrogen (secondary N) is 1. The van der Waals surface area contributed by atoms with E-state index in [0.29, 0.717) is 12.5 Å². The Labute approximate surface area is 105 Å². The Bertz CT molecular complexity index is 215. The average molecular weight is 242 g/mol. The molecule has 0 atom stereocenters. The van der Waals surface area contributed by atoms with Gasteiger partial charge in [-0.05, 0) is 19.3 Å².